The topological polar surface area (TPSA) is 59.1 Å². The normalized spacial score (nSPS) is 20.8. The summed E-state index contributed by atoms with van der Waals surface area (Å²) in [5.74, 6) is -0.197. The van der Waals surface area contributed by atoms with Gasteiger partial charge in [-0.15, -0.1) is 0 Å². The van der Waals surface area contributed by atoms with Crippen LogP contribution in [-0.4, -0.2) is 66.7 Å². The lowest BCUT2D eigenvalue weighted by Gasteiger charge is -2.39. The van der Waals surface area contributed by atoms with E-state index in [9.17, 15) is 9.59 Å². The third-order valence-electron chi connectivity index (χ3n) is 5.60. The molecule has 6 nitrogen and oxygen atoms in total. The Balaban J connectivity index is 1.56. The third kappa shape index (κ3) is 5.79. The number of rotatable bonds is 8. The molecule has 2 heterocycles. The van der Waals surface area contributed by atoms with E-state index in [-0.39, 0.29) is 30.4 Å². The second kappa shape index (κ2) is 10.6. The molecule has 2 fully saturated rings. The maximum atomic E-state index is 13.0. The molecule has 154 valence electrons. The minimum atomic E-state index is -0.343. The molecule has 3 rings (SSSR count). The summed E-state index contributed by atoms with van der Waals surface area (Å²) in [6.07, 6.45) is 3.46. The molecule has 1 atom stereocenters. The molecule has 0 radical (unpaired) electrons. The van der Waals surface area contributed by atoms with Gasteiger partial charge in [-0.1, -0.05) is 30.3 Å². The van der Waals surface area contributed by atoms with Crippen LogP contribution in [0.3, 0.4) is 0 Å². The van der Waals surface area contributed by atoms with Gasteiger partial charge >= 0.3 is 5.97 Å². The van der Waals surface area contributed by atoms with E-state index >= 15 is 0 Å². The lowest BCUT2D eigenvalue weighted by molar-refractivity contribution is -0.148. The summed E-state index contributed by atoms with van der Waals surface area (Å²) < 4.78 is 10.7. The zero-order valence-corrected chi connectivity index (χ0v) is 16.8. The molecule has 0 saturated carbocycles. The lowest BCUT2D eigenvalue weighted by atomic mass is 10.0. The fourth-order valence-electron chi connectivity index (χ4n) is 4.11. The first-order valence-electron chi connectivity index (χ1n) is 10.5. The molecule has 0 aromatic heterocycles. The first-order chi connectivity index (χ1) is 13.7. The Labute approximate surface area is 167 Å². The SMILES string of the molecule is CCOC(=O)CCN(C(=O)C1CCCO1)C1CCN(Cc2ccccc2)CC1. The van der Waals surface area contributed by atoms with Gasteiger partial charge in [-0.05, 0) is 38.2 Å². The molecule has 6 heteroatoms. The summed E-state index contributed by atoms with van der Waals surface area (Å²) in [4.78, 5) is 29.2. The van der Waals surface area contributed by atoms with Gasteiger partial charge in [0.05, 0.1) is 13.0 Å². The standard InChI is InChI=1S/C22H32N2O4/c1-2-27-21(25)12-15-24(22(26)20-9-6-16-28-20)19-10-13-23(14-11-19)17-18-7-4-3-5-8-18/h3-5,7-8,19-20H,2,6,9-17H2,1H3. The molecule has 0 bridgehead atoms. The monoisotopic (exact) mass is 388 g/mol. The van der Waals surface area contributed by atoms with Crippen LogP contribution in [0.5, 0.6) is 0 Å². The first-order valence-corrected chi connectivity index (χ1v) is 10.5. The second-order valence-electron chi connectivity index (χ2n) is 7.58. The molecule has 28 heavy (non-hydrogen) atoms. The van der Waals surface area contributed by atoms with Crippen LogP contribution < -0.4 is 0 Å². The molecule has 2 saturated heterocycles. The first kappa shape index (κ1) is 20.8. The average molecular weight is 389 g/mol. The van der Waals surface area contributed by atoms with Gasteiger partial charge in [-0.25, -0.2) is 0 Å². The van der Waals surface area contributed by atoms with Gasteiger partial charge in [0.1, 0.15) is 6.10 Å². The Morgan fingerprint density at radius 1 is 1.18 bits per heavy atom. The van der Waals surface area contributed by atoms with E-state index in [1.165, 1.54) is 5.56 Å². The molecule has 0 aliphatic carbocycles. The van der Waals surface area contributed by atoms with Gasteiger partial charge in [0.2, 0.25) is 0 Å². The summed E-state index contributed by atoms with van der Waals surface area (Å²) in [6, 6.07) is 10.6. The number of carbonyl (C=O) groups is 2. The predicted octanol–water partition coefficient (Wildman–Crippen LogP) is 2.61. The molecule has 1 unspecified atom stereocenters. The quantitative estimate of drug-likeness (QED) is 0.641. The van der Waals surface area contributed by atoms with Crippen molar-refractivity contribution in [2.75, 3.05) is 32.8 Å². The van der Waals surface area contributed by atoms with Gasteiger partial charge < -0.3 is 14.4 Å². The van der Waals surface area contributed by atoms with Gasteiger partial charge in [-0.3, -0.25) is 14.5 Å². The van der Waals surface area contributed by atoms with Gasteiger partial charge in [0.25, 0.3) is 5.91 Å². The van der Waals surface area contributed by atoms with Crippen LogP contribution in [0.15, 0.2) is 30.3 Å². The minimum Gasteiger partial charge on any atom is -0.466 e. The number of likely N-dealkylation sites (tertiary alicyclic amines) is 1. The van der Waals surface area contributed by atoms with Crippen molar-refractivity contribution >= 4 is 11.9 Å². The molecule has 0 spiro atoms. The number of hydrogen-bond acceptors (Lipinski definition) is 5. The maximum absolute atomic E-state index is 13.0. The Bertz CT molecular complexity index is 623. The fourth-order valence-corrected chi connectivity index (χ4v) is 4.11. The van der Waals surface area contributed by atoms with Crippen molar-refractivity contribution in [1.29, 1.82) is 0 Å². The molecule has 1 aromatic carbocycles. The average Bonchev–Trinajstić information content (AvgIpc) is 3.25. The van der Waals surface area contributed by atoms with E-state index in [4.69, 9.17) is 9.47 Å². The van der Waals surface area contributed by atoms with Crippen molar-refractivity contribution in [2.45, 2.75) is 57.7 Å². The molecule has 1 amide bonds. The van der Waals surface area contributed by atoms with Crippen LogP contribution in [-0.2, 0) is 25.6 Å². The summed E-state index contributed by atoms with van der Waals surface area (Å²) >= 11 is 0. The van der Waals surface area contributed by atoms with Crippen LogP contribution in [0.25, 0.3) is 0 Å². The van der Waals surface area contributed by atoms with Gasteiger partial charge in [0.15, 0.2) is 0 Å². The van der Waals surface area contributed by atoms with Crippen molar-refractivity contribution in [2.24, 2.45) is 0 Å². The molecule has 2 aliphatic heterocycles. The zero-order valence-electron chi connectivity index (χ0n) is 16.8. The van der Waals surface area contributed by atoms with Gasteiger partial charge in [-0.2, -0.15) is 0 Å². The molecule has 1 aromatic rings. The predicted molar refractivity (Wildman–Crippen MR) is 107 cm³/mol. The second-order valence-corrected chi connectivity index (χ2v) is 7.58. The van der Waals surface area contributed by atoms with Crippen molar-refractivity contribution in [3.05, 3.63) is 35.9 Å². The molecule has 0 N–H and O–H groups in total. The highest BCUT2D eigenvalue weighted by Gasteiger charge is 2.34. The van der Waals surface area contributed by atoms with Crippen LogP contribution in [0.1, 0.15) is 44.6 Å². The highest BCUT2D eigenvalue weighted by Crippen LogP contribution is 2.23. The fraction of sp³-hybridized carbons (Fsp3) is 0.636. The maximum Gasteiger partial charge on any atom is 0.307 e. The number of esters is 1. The van der Waals surface area contributed by atoms with E-state index in [2.05, 4.69) is 29.2 Å². The molecule has 2 aliphatic rings. The van der Waals surface area contributed by atoms with E-state index in [0.29, 0.717) is 19.8 Å². The summed E-state index contributed by atoms with van der Waals surface area (Å²) in [6.45, 7) is 6.09. The van der Waals surface area contributed by atoms with Crippen LogP contribution >= 0.6 is 0 Å². The number of ether oxygens (including phenoxy) is 2. The lowest BCUT2D eigenvalue weighted by Crippen LogP contribution is -2.50. The number of nitrogens with zero attached hydrogens (tertiary/aromatic N) is 2. The molecular weight excluding hydrogens is 356 g/mol. The Hall–Kier alpha value is -1.92. The van der Waals surface area contributed by atoms with Crippen molar-refractivity contribution in [1.82, 2.24) is 9.80 Å². The number of piperidine rings is 1. The van der Waals surface area contributed by atoms with E-state index in [1.54, 1.807) is 6.92 Å². The largest absolute Gasteiger partial charge is 0.466 e. The number of carbonyl (C=O) groups excluding carboxylic acids is 2. The van der Waals surface area contributed by atoms with Crippen molar-refractivity contribution < 1.29 is 19.1 Å². The van der Waals surface area contributed by atoms with Crippen LogP contribution in [0.4, 0.5) is 0 Å². The van der Waals surface area contributed by atoms with Crippen molar-refractivity contribution in [3.8, 4) is 0 Å². The van der Waals surface area contributed by atoms with E-state index in [1.807, 2.05) is 11.0 Å². The summed E-state index contributed by atoms with van der Waals surface area (Å²) in [5.41, 5.74) is 1.32. The Kier molecular flexibility index (Phi) is 7.86. The van der Waals surface area contributed by atoms with E-state index < -0.39 is 0 Å². The van der Waals surface area contributed by atoms with E-state index in [0.717, 1.165) is 45.3 Å². The Morgan fingerprint density at radius 3 is 2.57 bits per heavy atom. The highest BCUT2D eigenvalue weighted by atomic mass is 16.5. The minimum absolute atomic E-state index is 0.0447. The van der Waals surface area contributed by atoms with Crippen LogP contribution in [0.2, 0.25) is 0 Å². The Morgan fingerprint density at radius 2 is 1.93 bits per heavy atom. The van der Waals surface area contributed by atoms with Crippen molar-refractivity contribution in [3.63, 3.8) is 0 Å². The highest BCUT2D eigenvalue weighted by molar-refractivity contribution is 5.82. The molecular formula is C22H32N2O4. The number of benzene rings is 1. The summed E-state index contributed by atoms with van der Waals surface area (Å²) in [7, 11) is 0. The number of amides is 1. The third-order valence-corrected chi connectivity index (χ3v) is 5.60. The summed E-state index contributed by atoms with van der Waals surface area (Å²) in [5, 5.41) is 0. The van der Waals surface area contributed by atoms with Gasteiger partial charge in [0, 0.05) is 38.8 Å². The van der Waals surface area contributed by atoms with Crippen LogP contribution in [0, 0.1) is 0 Å². The zero-order chi connectivity index (χ0) is 19.8. The number of hydrogen-bond donors (Lipinski definition) is 0. The smallest absolute Gasteiger partial charge is 0.307 e.